The van der Waals surface area contributed by atoms with Gasteiger partial charge in [0.1, 0.15) is 36.2 Å². The molecule has 0 heterocycles. The van der Waals surface area contributed by atoms with E-state index in [1.54, 1.807) is 12.1 Å². The predicted octanol–water partition coefficient (Wildman–Crippen LogP) is 14.3. The zero-order valence-electron chi connectivity index (χ0n) is 34.9. The number of ether oxygens (including phenoxy) is 5. The van der Waals surface area contributed by atoms with E-state index in [-0.39, 0.29) is 12.6 Å². The normalized spacial score (nSPS) is 11.0. The maximum Gasteiger partial charge on any atom is 0.338 e. The maximum atomic E-state index is 13.1. The maximum absolute atomic E-state index is 13.1. The van der Waals surface area contributed by atoms with Gasteiger partial charge in [0.05, 0.1) is 25.4 Å². The van der Waals surface area contributed by atoms with E-state index in [4.69, 9.17) is 23.7 Å². The number of hydrogen-bond donors (Lipinski definition) is 0. The molecule has 4 aromatic carbocycles. The number of hydrogen-bond acceptors (Lipinski definition) is 6. The van der Waals surface area contributed by atoms with Crippen LogP contribution in [-0.4, -0.2) is 25.8 Å². The molecule has 6 heteroatoms. The van der Waals surface area contributed by atoms with Crippen molar-refractivity contribution in [1.29, 1.82) is 0 Å². The summed E-state index contributed by atoms with van der Waals surface area (Å²) in [6, 6.07) is 33.1. The summed E-state index contributed by atoms with van der Waals surface area (Å²) in [6.45, 7) is 4.90. The molecular formula is C51H70O6. The van der Waals surface area contributed by atoms with Gasteiger partial charge in [-0.2, -0.15) is 0 Å². The van der Waals surface area contributed by atoms with Crippen molar-refractivity contribution in [3.63, 3.8) is 0 Å². The molecule has 0 aliphatic rings. The second kappa shape index (κ2) is 29.7. The third kappa shape index (κ3) is 21.0. The summed E-state index contributed by atoms with van der Waals surface area (Å²) in [6.07, 6.45) is 25.3. The van der Waals surface area contributed by atoms with E-state index in [2.05, 4.69) is 19.1 Å². The van der Waals surface area contributed by atoms with Crippen LogP contribution in [0.15, 0.2) is 103 Å². The van der Waals surface area contributed by atoms with E-state index in [0.29, 0.717) is 43.5 Å². The van der Waals surface area contributed by atoms with Gasteiger partial charge in [-0.05, 0) is 79.6 Å². The lowest BCUT2D eigenvalue weighted by molar-refractivity contribution is 0.0471. The zero-order chi connectivity index (χ0) is 39.9. The van der Waals surface area contributed by atoms with Crippen molar-refractivity contribution in [2.24, 2.45) is 0 Å². The van der Waals surface area contributed by atoms with Gasteiger partial charge in [0.25, 0.3) is 0 Å². The Bertz CT molecular complexity index is 1570. The number of benzene rings is 4. The molecule has 57 heavy (non-hydrogen) atoms. The topological polar surface area (TPSA) is 63.2 Å². The Morgan fingerprint density at radius 1 is 0.386 bits per heavy atom. The molecule has 0 amide bonds. The van der Waals surface area contributed by atoms with Gasteiger partial charge in [-0.3, -0.25) is 0 Å². The largest absolute Gasteiger partial charge is 0.494 e. The van der Waals surface area contributed by atoms with Crippen molar-refractivity contribution in [3.05, 3.63) is 120 Å². The van der Waals surface area contributed by atoms with Gasteiger partial charge >= 0.3 is 5.97 Å². The molecule has 0 spiro atoms. The van der Waals surface area contributed by atoms with Gasteiger partial charge in [-0.25, -0.2) is 4.79 Å². The van der Waals surface area contributed by atoms with E-state index in [0.717, 1.165) is 61.2 Å². The molecule has 310 valence electrons. The van der Waals surface area contributed by atoms with Gasteiger partial charge in [0.2, 0.25) is 0 Å². The lowest BCUT2D eigenvalue weighted by Gasteiger charge is -2.13. The highest BCUT2D eigenvalue weighted by atomic mass is 16.5. The van der Waals surface area contributed by atoms with Crippen LogP contribution in [0.3, 0.4) is 0 Å². The summed E-state index contributed by atoms with van der Waals surface area (Å²) < 4.78 is 29.8. The summed E-state index contributed by atoms with van der Waals surface area (Å²) in [7, 11) is 0. The number of carbonyl (C=O) groups is 1. The summed E-state index contributed by atoms with van der Waals surface area (Å²) in [5, 5.41) is 0. The highest BCUT2D eigenvalue weighted by Gasteiger charge is 2.13. The van der Waals surface area contributed by atoms with Gasteiger partial charge in [-0.15, -0.1) is 0 Å². The Balaban J connectivity index is 1.08. The van der Waals surface area contributed by atoms with Gasteiger partial charge in [-0.1, -0.05) is 164 Å². The molecule has 4 aromatic rings. The van der Waals surface area contributed by atoms with E-state index >= 15 is 0 Å². The summed E-state index contributed by atoms with van der Waals surface area (Å²) >= 11 is 0. The molecule has 0 bridgehead atoms. The Kier molecular flexibility index (Phi) is 23.6. The molecule has 0 radical (unpaired) electrons. The lowest BCUT2D eigenvalue weighted by Crippen LogP contribution is -2.07. The van der Waals surface area contributed by atoms with Crippen LogP contribution in [0.2, 0.25) is 0 Å². The third-order valence-electron chi connectivity index (χ3n) is 10.2. The number of carbonyl (C=O) groups excluding carboxylic acids is 1. The number of rotatable bonds is 33. The quantitative estimate of drug-likeness (QED) is 0.0354. The van der Waals surface area contributed by atoms with Crippen LogP contribution in [0, 0.1) is 0 Å². The highest BCUT2D eigenvalue weighted by Crippen LogP contribution is 2.25. The van der Waals surface area contributed by atoms with Crippen molar-refractivity contribution < 1.29 is 28.5 Å². The fraction of sp³-hybridized carbons (Fsp3) is 0.510. The average molecular weight is 779 g/mol. The van der Waals surface area contributed by atoms with Crippen LogP contribution < -0.4 is 18.9 Å². The van der Waals surface area contributed by atoms with Crippen LogP contribution in [0.4, 0.5) is 0 Å². The van der Waals surface area contributed by atoms with Gasteiger partial charge < -0.3 is 23.7 Å². The molecule has 0 aromatic heterocycles. The molecule has 0 saturated heterocycles. The van der Waals surface area contributed by atoms with Gasteiger partial charge in [0.15, 0.2) is 0 Å². The van der Waals surface area contributed by atoms with Crippen LogP contribution in [-0.2, 0) is 18.0 Å². The van der Waals surface area contributed by atoms with E-state index in [1.165, 1.54) is 89.9 Å². The van der Waals surface area contributed by atoms with Crippen LogP contribution in [0.5, 0.6) is 23.0 Å². The molecule has 0 unspecified atom stereocenters. The highest BCUT2D eigenvalue weighted by molar-refractivity contribution is 5.90. The molecule has 0 fully saturated rings. The van der Waals surface area contributed by atoms with E-state index < -0.39 is 0 Å². The molecule has 4 rings (SSSR count). The van der Waals surface area contributed by atoms with Crippen molar-refractivity contribution in [1.82, 2.24) is 0 Å². The third-order valence-corrected chi connectivity index (χ3v) is 10.2. The summed E-state index contributed by atoms with van der Waals surface area (Å²) in [5.74, 6) is 2.57. The molecule has 6 nitrogen and oxygen atoms in total. The first-order chi connectivity index (χ1) is 28.2. The van der Waals surface area contributed by atoms with Crippen molar-refractivity contribution in [3.8, 4) is 23.0 Å². The second-order valence-electron chi connectivity index (χ2n) is 15.3. The van der Waals surface area contributed by atoms with Crippen LogP contribution in [0.25, 0.3) is 0 Å². The Hall–Kier alpha value is -4.45. The zero-order valence-corrected chi connectivity index (χ0v) is 34.9. The van der Waals surface area contributed by atoms with E-state index in [9.17, 15) is 4.79 Å². The minimum atomic E-state index is -0.383. The molecule has 0 N–H and O–H groups in total. The Labute approximate surface area is 344 Å². The minimum Gasteiger partial charge on any atom is -0.494 e. The first-order valence-corrected chi connectivity index (χ1v) is 22.2. The Morgan fingerprint density at radius 2 is 0.754 bits per heavy atom. The number of unbranched alkanes of at least 4 members (excludes halogenated alkanes) is 18. The average Bonchev–Trinajstić information content (AvgIpc) is 3.25. The standard InChI is InChI=1S/C51H70O6/c1-2-3-4-5-6-7-8-9-10-11-12-13-14-15-16-25-37-54-49-39-46(51(52)57-43-45-30-23-20-24-31-45)40-50(41-49)55-38-27-18-17-26-36-53-47-32-34-48(35-33-47)56-42-44-28-21-19-22-29-44/h19-24,28-35,39-41H,2-18,25-27,36-38,42-43H2,1H3. The van der Waals surface area contributed by atoms with Gasteiger partial charge in [0, 0.05) is 6.07 Å². The van der Waals surface area contributed by atoms with Crippen LogP contribution in [0.1, 0.15) is 157 Å². The summed E-state index contributed by atoms with van der Waals surface area (Å²) in [5.41, 5.74) is 2.54. The van der Waals surface area contributed by atoms with Crippen LogP contribution >= 0.6 is 0 Å². The van der Waals surface area contributed by atoms with Crippen molar-refractivity contribution in [2.45, 2.75) is 149 Å². The fourth-order valence-electron chi connectivity index (χ4n) is 6.81. The summed E-state index contributed by atoms with van der Waals surface area (Å²) in [4.78, 5) is 13.1. The second-order valence-corrected chi connectivity index (χ2v) is 15.3. The first kappa shape index (κ1) is 45.3. The predicted molar refractivity (Wildman–Crippen MR) is 234 cm³/mol. The minimum absolute atomic E-state index is 0.221. The van der Waals surface area contributed by atoms with Crippen molar-refractivity contribution in [2.75, 3.05) is 19.8 Å². The molecule has 0 aliphatic heterocycles. The van der Waals surface area contributed by atoms with E-state index in [1.807, 2.05) is 78.9 Å². The monoisotopic (exact) mass is 779 g/mol. The molecule has 0 aliphatic carbocycles. The number of esters is 1. The smallest absolute Gasteiger partial charge is 0.338 e. The van der Waals surface area contributed by atoms with Crippen molar-refractivity contribution >= 4 is 5.97 Å². The molecular weight excluding hydrogens is 709 g/mol. The SMILES string of the molecule is CCCCCCCCCCCCCCCCCCOc1cc(OCCCCCCOc2ccc(OCc3ccccc3)cc2)cc(C(=O)OCc2ccccc2)c1. The lowest BCUT2D eigenvalue weighted by atomic mass is 10.0. The molecule has 0 atom stereocenters. The first-order valence-electron chi connectivity index (χ1n) is 22.2. The molecule has 0 saturated carbocycles. The Morgan fingerprint density at radius 3 is 1.19 bits per heavy atom. The fourth-order valence-corrected chi connectivity index (χ4v) is 6.81.